The summed E-state index contributed by atoms with van der Waals surface area (Å²) in [6.07, 6.45) is 6.48. The maximum absolute atomic E-state index is 12.7. The molecule has 1 aliphatic heterocycles. The van der Waals surface area contributed by atoms with Crippen LogP contribution in [0.5, 0.6) is 5.75 Å². The number of hydrogen-bond donors (Lipinski definition) is 1. The molecule has 0 radical (unpaired) electrons. The molecule has 2 aromatic carbocycles. The number of aromatic nitrogens is 3. The second kappa shape index (κ2) is 9.48. The lowest BCUT2D eigenvalue weighted by Gasteiger charge is -2.33. The van der Waals surface area contributed by atoms with Gasteiger partial charge in [-0.15, -0.1) is 0 Å². The number of piperidine rings is 1. The second-order valence-electron chi connectivity index (χ2n) is 8.57. The summed E-state index contributed by atoms with van der Waals surface area (Å²) in [5, 5.41) is 9.94. The first-order valence-corrected chi connectivity index (χ1v) is 11.6. The fourth-order valence-corrected chi connectivity index (χ4v) is 4.62. The van der Waals surface area contributed by atoms with Gasteiger partial charge in [-0.2, -0.15) is 5.10 Å². The van der Waals surface area contributed by atoms with Gasteiger partial charge in [0.1, 0.15) is 5.75 Å². The summed E-state index contributed by atoms with van der Waals surface area (Å²) in [6.45, 7) is 3.18. The summed E-state index contributed by atoms with van der Waals surface area (Å²) in [5.41, 5.74) is 3.12. The quantitative estimate of drug-likeness (QED) is 0.437. The Morgan fingerprint density at radius 2 is 1.97 bits per heavy atom. The van der Waals surface area contributed by atoms with Crippen LogP contribution in [0.15, 0.2) is 60.9 Å². The van der Waals surface area contributed by atoms with Gasteiger partial charge in [-0.3, -0.25) is 14.5 Å². The van der Waals surface area contributed by atoms with Crippen LogP contribution in [0.1, 0.15) is 19.3 Å². The number of fused-ring (bicyclic) bond motifs is 2. The van der Waals surface area contributed by atoms with E-state index in [1.54, 1.807) is 7.11 Å². The lowest BCUT2D eigenvalue weighted by atomic mass is 9.95. The number of rotatable bonds is 7. The van der Waals surface area contributed by atoms with Crippen molar-refractivity contribution in [1.29, 1.82) is 0 Å². The van der Waals surface area contributed by atoms with E-state index in [0.29, 0.717) is 6.54 Å². The molecule has 1 aliphatic rings. The van der Waals surface area contributed by atoms with Crippen molar-refractivity contribution in [2.45, 2.75) is 25.8 Å². The van der Waals surface area contributed by atoms with Gasteiger partial charge >= 0.3 is 0 Å². The van der Waals surface area contributed by atoms with E-state index in [-0.39, 0.29) is 11.8 Å². The molecule has 0 bridgehead atoms. The average Bonchev–Trinajstić information content (AvgIpc) is 3.29. The number of anilines is 1. The van der Waals surface area contributed by atoms with Gasteiger partial charge in [0.2, 0.25) is 5.91 Å². The Morgan fingerprint density at radius 3 is 2.79 bits per heavy atom. The van der Waals surface area contributed by atoms with E-state index < -0.39 is 0 Å². The number of carbonyl (C=O) groups is 1. The number of amides is 1. The predicted octanol–water partition coefficient (Wildman–Crippen LogP) is 4.02. The van der Waals surface area contributed by atoms with E-state index in [4.69, 9.17) is 4.74 Å². The molecule has 5 rings (SSSR count). The molecule has 4 aromatic rings. The molecule has 3 heterocycles. The van der Waals surface area contributed by atoms with Gasteiger partial charge in [-0.25, -0.2) is 0 Å². The van der Waals surface area contributed by atoms with Gasteiger partial charge in [0.05, 0.1) is 18.1 Å². The third-order valence-electron chi connectivity index (χ3n) is 6.46. The zero-order valence-electron chi connectivity index (χ0n) is 18.9. The highest BCUT2D eigenvalue weighted by atomic mass is 16.5. The largest absolute Gasteiger partial charge is 0.497 e. The fourth-order valence-electron chi connectivity index (χ4n) is 4.62. The lowest BCUT2D eigenvalue weighted by Crippen LogP contribution is -2.41. The molecule has 2 aromatic heterocycles. The molecule has 170 valence electrons. The number of nitrogens with one attached hydrogen (secondary N) is 1. The van der Waals surface area contributed by atoms with E-state index >= 15 is 0 Å². The Kier molecular flexibility index (Phi) is 6.11. The molecule has 1 fully saturated rings. The van der Waals surface area contributed by atoms with Crippen LogP contribution < -0.4 is 15.0 Å². The molecule has 0 aliphatic carbocycles. The van der Waals surface area contributed by atoms with Crippen LogP contribution in [0.2, 0.25) is 0 Å². The summed E-state index contributed by atoms with van der Waals surface area (Å²) in [4.78, 5) is 19.5. The normalized spacial score (nSPS) is 14.6. The minimum absolute atomic E-state index is 0.0659. The van der Waals surface area contributed by atoms with Gasteiger partial charge < -0.3 is 15.0 Å². The van der Waals surface area contributed by atoms with Crippen molar-refractivity contribution in [1.82, 2.24) is 20.1 Å². The van der Waals surface area contributed by atoms with Gasteiger partial charge in [0.15, 0.2) is 0 Å². The number of carbonyl (C=O) groups excluding carboxylic acids is 1. The molecule has 0 atom stereocenters. The second-order valence-corrected chi connectivity index (χ2v) is 8.57. The first-order chi connectivity index (χ1) is 16.2. The third-order valence-corrected chi connectivity index (χ3v) is 6.46. The van der Waals surface area contributed by atoms with Crippen molar-refractivity contribution in [3.8, 4) is 5.75 Å². The van der Waals surface area contributed by atoms with Crippen molar-refractivity contribution >= 4 is 33.4 Å². The highest BCUT2D eigenvalue weighted by Gasteiger charge is 2.25. The van der Waals surface area contributed by atoms with Gasteiger partial charge in [-0.05, 0) is 49.6 Å². The molecule has 33 heavy (non-hydrogen) atoms. The van der Waals surface area contributed by atoms with Crippen LogP contribution in [0.25, 0.3) is 21.8 Å². The summed E-state index contributed by atoms with van der Waals surface area (Å²) in [5.74, 6) is 1.06. The fraction of sp³-hybridized carbons (Fsp3) is 0.346. The smallest absolute Gasteiger partial charge is 0.223 e. The topological polar surface area (TPSA) is 72.3 Å². The predicted molar refractivity (Wildman–Crippen MR) is 131 cm³/mol. The summed E-state index contributed by atoms with van der Waals surface area (Å²) < 4.78 is 7.36. The van der Waals surface area contributed by atoms with Crippen LogP contribution in [-0.2, 0) is 11.3 Å². The maximum atomic E-state index is 12.7. The SMILES string of the molecule is COc1ccc2nccc(N3CCC(C(=O)NCCCn4cc5ccccc5n4)CC3)c2c1. The molecule has 7 heteroatoms. The van der Waals surface area contributed by atoms with Crippen LogP contribution in [0.4, 0.5) is 5.69 Å². The van der Waals surface area contributed by atoms with E-state index in [1.807, 2.05) is 47.3 Å². The van der Waals surface area contributed by atoms with Gasteiger partial charge in [0, 0.05) is 61.0 Å². The van der Waals surface area contributed by atoms with E-state index in [9.17, 15) is 4.79 Å². The highest BCUT2D eigenvalue weighted by molar-refractivity contribution is 5.92. The third kappa shape index (κ3) is 4.62. The van der Waals surface area contributed by atoms with Crippen molar-refractivity contribution in [3.63, 3.8) is 0 Å². The first-order valence-electron chi connectivity index (χ1n) is 11.6. The number of aryl methyl sites for hydroxylation is 1. The Balaban J connectivity index is 1.12. The number of nitrogens with zero attached hydrogens (tertiary/aromatic N) is 4. The molecule has 1 N–H and O–H groups in total. The Morgan fingerprint density at radius 1 is 1.12 bits per heavy atom. The minimum Gasteiger partial charge on any atom is -0.497 e. The minimum atomic E-state index is 0.0659. The number of benzene rings is 2. The standard InChI is InChI=1S/C26H29N5O2/c1-33-21-7-8-24-22(17-21)25(9-13-27-24)30-15-10-19(11-16-30)26(32)28-12-4-14-31-18-20-5-2-3-6-23(20)29-31/h2-3,5-9,13,17-19H,4,10-12,14-16H2,1H3,(H,28,32). The molecule has 0 unspecified atom stereocenters. The molecular weight excluding hydrogens is 414 g/mol. The number of ether oxygens (including phenoxy) is 1. The van der Waals surface area contributed by atoms with Crippen LogP contribution in [0.3, 0.4) is 0 Å². The molecule has 1 amide bonds. The maximum Gasteiger partial charge on any atom is 0.223 e. The van der Waals surface area contributed by atoms with E-state index in [0.717, 1.165) is 72.1 Å². The van der Waals surface area contributed by atoms with Crippen molar-refractivity contribution in [2.24, 2.45) is 5.92 Å². The number of pyridine rings is 1. The van der Waals surface area contributed by atoms with Crippen LogP contribution in [0, 0.1) is 5.92 Å². The van der Waals surface area contributed by atoms with Crippen LogP contribution >= 0.6 is 0 Å². The van der Waals surface area contributed by atoms with Gasteiger partial charge in [-0.1, -0.05) is 18.2 Å². The van der Waals surface area contributed by atoms with Crippen molar-refractivity contribution in [3.05, 3.63) is 60.9 Å². The summed E-state index contributed by atoms with van der Waals surface area (Å²) in [7, 11) is 1.68. The van der Waals surface area contributed by atoms with Gasteiger partial charge in [0.25, 0.3) is 0 Å². The lowest BCUT2D eigenvalue weighted by molar-refractivity contribution is -0.125. The Hall–Kier alpha value is -3.61. The molecule has 7 nitrogen and oxygen atoms in total. The highest BCUT2D eigenvalue weighted by Crippen LogP contribution is 2.31. The number of methoxy groups -OCH3 is 1. The first kappa shape index (κ1) is 21.2. The summed E-state index contributed by atoms with van der Waals surface area (Å²) in [6, 6.07) is 16.1. The monoisotopic (exact) mass is 443 g/mol. The molecule has 0 saturated carbocycles. The Labute approximate surface area is 193 Å². The van der Waals surface area contributed by atoms with Crippen molar-refractivity contribution < 1.29 is 9.53 Å². The van der Waals surface area contributed by atoms with E-state index in [2.05, 4.69) is 38.6 Å². The van der Waals surface area contributed by atoms with Crippen molar-refractivity contribution in [2.75, 3.05) is 31.6 Å². The molecular formula is C26H29N5O2. The average molecular weight is 444 g/mol. The van der Waals surface area contributed by atoms with E-state index in [1.165, 1.54) is 0 Å². The van der Waals surface area contributed by atoms with Crippen LogP contribution in [-0.4, -0.2) is 47.4 Å². The summed E-state index contributed by atoms with van der Waals surface area (Å²) >= 11 is 0. The zero-order chi connectivity index (χ0) is 22.6. The Bertz CT molecular complexity index is 1230. The molecule has 0 spiro atoms. The zero-order valence-corrected chi connectivity index (χ0v) is 18.9. The molecule has 1 saturated heterocycles. The number of hydrogen-bond acceptors (Lipinski definition) is 5.